The van der Waals surface area contributed by atoms with Crippen LogP contribution in [0.15, 0.2) is 24.3 Å². The highest BCUT2D eigenvalue weighted by atomic mass is 16.1. The number of carbonyl (C=O) groups is 1. The van der Waals surface area contributed by atoms with Gasteiger partial charge in [-0.3, -0.25) is 4.79 Å². The molecule has 1 unspecified atom stereocenters. The largest absolute Gasteiger partial charge is 0.302 e. The van der Waals surface area contributed by atoms with Crippen molar-refractivity contribution in [2.75, 3.05) is 14.1 Å². The van der Waals surface area contributed by atoms with Crippen LogP contribution in [0.3, 0.4) is 0 Å². The van der Waals surface area contributed by atoms with Gasteiger partial charge in [0.15, 0.2) is 0 Å². The summed E-state index contributed by atoms with van der Waals surface area (Å²) >= 11 is 0. The molecule has 0 spiro atoms. The lowest BCUT2D eigenvalue weighted by atomic mass is 10.00. The van der Waals surface area contributed by atoms with Crippen LogP contribution < -0.4 is 0 Å². The number of carbonyl (C=O) groups excluding carboxylic acids is 1. The number of aryl methyl sites for hydroxylation is 1. The number of Topliss-reactive ketones (excluding diaryl/α,β-unsaturated/α-hetero) is 1. The summed E-state index contributed by atoms with van der Waals surface area (Å²) in [5.74, 6) is 0.231. The average Bonchev–Trinajstić information content (AvgIpc) is 2.15. The van der Waals surface area contributed by atoms with E-state index in [2.05, 4.69) is 36.1 Å². The minimum absolute atomic E-state index is 0.197. The molecule has 0 fully saturated rings. The summed E-state index contributed by atoms with van der Waals surface area (Å²) in [5.41, 5.74) is 2.46. The van der Waals surface area contributed by atoms with E-state index in [4.69, 9.17) is 0 Å². The fourth-order valence-electron chi connectivity index (χ4n) is 1.66. The zero-order valence-electron chi connectivity index (χ0n) is 9.95. The van der Waals surface area contributed by atoms with Crippen LogP contribution >= 0.6 is 0 Å². The molecule has 2 heteroatoms. The van der Waals surface area contributed by atoms with Crippen LogP contribution in [0.2, 0.25) is 0 Å². The third-order valence-electron chi connectivity index (χ3n) is 2.57. The van der Waals surface area contributed by atoms with Gasteiger partial charge in [-0.2, -0.15) is 0 Å². The van der Waals surface area contributed by atoms with E-state index in [1.807, 2.05) is 14.1 Å². The van der Waals surface area contributed by atoms with Crippen molar-refractivity contribution in [1.29, 1.82) is 0 Å². The summed E-state index contributed by atoms with van der Waals surface area (Å²) in [6, 6.07) is 8.58. The molecule has 0 aromatic heterocycles. The van der Waals surface area contributed by atoms with Crippen molar-refractivity contribution in [3.05, 3.63) is 35.4 Å². The van der Waals surface area contributed by atoms with Crippen molar-refractivity contribution in [2.45, 2.75) is 26.3 Å². The monoisotopic (exact) mass is 205 g/mol. The summed E-state index contributed by atoms with van der Waals surface area (Å²) in [6.07, 6.45) is 0.579. The van der Waals surface area contributed by atoms with Gasteiger partial charge in [-0.1, -0.05) is 29.8 Å². The molecule has 0 bridgehead atoms. The second kappa shape index (κ2) is 5.08. The Balaban J connectivity index is 2.88. The lowest BCUT2D eigenvalue weighted by Gasteiger charge is -2.23. The molecule has 0 amide bonds. The molecule has 2 nitrogen and oxygen atoms in total. The van der Waals surface area contributed by atoms with Crippen LogP contribution in [0.5, 0.6) is 0 Å². The predicted octanol–water partition coefficient (Wildman–Crippen LogP) is 2.58. The smallest absolute Gasteiger partial charge is 0.131 e. The van der Waals surface area contributed by atoms with E-state index >= 15 is 0 Å². The Morgan fingerprint density at radius 1 is 1.27 bits per heavy atom. The highest BCUT2D eigenvalue weighted by Crippen LogP contribution is 2.22. The van der Waals surface area contributed by atoms with Crippen molar-refractivity contribution < 1.29 is 4.79 Å². The summed E-state index contributed by atoms with van der Waals surface area (Å²) in [7, 11) is 4.01. The van der Waals surface area contributed by atoms with Gasteiger partial charge in [0.25, 0.3) is 0 Å². The third-order valence-corrected chi connectivity index (χ3v) is 2.57. The highest BCUT2D eigenvalue weighted by Gasteiger charge is 2.15. The first-order valence-electron chi connectivity index (χ1n) is 5.23. The Labute approximate surface area is 91.9 Å². The van der Waals surface area contributed by atoms with Gasteiger partial charge in [0.05, 0.1) is 0 Å². The van der Waals surface area contributed by atoms with Crippen molar-refractivity contribution in [3.8, 4) is 0 Å². The molecule has 0 aliphatic carbocycles. The molecule has 1 aromatic carbocycles. The van der Waals surface area contributed by atoms with Gasteiger partial charge >= 0.3 is 0 Å². The number of nitrogens with zero attached hydrogens (tertiary/aromatic N) is 1. The molecule has 1 rings (SSSR count). The first-order chi connectivity index (χ1) is 7.00. The average molecular weight is 205 g/mol. The molecule has 0 aliphatic rings. The van der Waals surface area contributed by atoms with Crippen molar-refractivity contribution in [1.82, 2.24) is 4.90 Å². The number of rotatable bonds is 4. The normalized spacial score (nSPS) is 12.9. The molecule has 1 aromatic rings. The highest BCUT2D eigenvalue weighted by molar-refractivity contribution is 5.76. The predicted molar refractivity (Wildman–Crippen MR) is 62.9 cm³/mol. The first kappa shape index (κ1) is 11.9. The van der Waals surface area contributed by atoms with E-state index in [0.29, 0.717) is 6.42 Å². The standard InChI is InChI=1S/C13H19NO/c1-10-5-7-12(8-6-10)13(14(3)4)9-11(2)15/h5-8,13H,9H2,1-4H3. The van der Waals surface area contributed by atoms with Gasteiger partial charge in [-0.25, -0.2) is 0 Å². The van der Waals surface area contributed by atoms with Crippen LogP contribution in [-0.2, 0) is 4.79 Å². The fraction of sp³-hybridized carbons (Fsp3) is 0.462. The maximum Gasteiger partial charge on any atom is 0.131 e. The molecule has 0 radical (unpaired) electrons. The lowest BCUT2D eigenvalue weighted by molar-refractivity contribution is -0.118. The molecular formula is C13H19NO. The van der Waals surface area contributed by atoms with Crippen LogP contribution in [0, 0.1) is 6.92 Å². The minimum atomic E-state index is 0.197. The Bertz CT molecular complexity index is 327. The zero-order valence-corrected chi connectivity index (χ0v) is 9.95. The van der Waals surface area contributed by atoms with Crippen molar-refractivity contribution in [2.24, 2.45) is 0 Å². The van der Waals surface area contributed by atoms with E-state index in [0.717, 1.165) is 0 Å². The van der Waals surface area contributed by atoms with Gasteiger partial charge in [-0.05, 0) is 33.5 Å². The van der Waals surface area contributed by atoms with Crippen molar-refractivity contribution in [3.63, 3.8) is 0 Å². The maximum absolute atomic E-state index is 11.2. The van der Waals surface area contributed by atoms with E-state index in [9.17, 15) is 4.79 Å². The molecular weight excluding hydrogens is 186 g/mol. The van der Waals surface area contributed by atoms with Gasteiger partial charge in [0.2, 0.25) is 0 Å². The number of benzene rings is 1. The molecule has 1 atom stereocenters. The molecule has 0 saturated heterocycles. The number of hydrogen-bond acceptors (Lipinski definition) is 2. The zero-order chi connectivity index (χ0) is 11.4. The Hall–Kier alpha value is -1.15. The Morgan fingerprint density at radius 3 is 2.20 bits per heavy atom. The van der Waals surface area contributed by atoms with E-state index in [-0.39, 0.29) is 11.8 Å². The molecule has 0 aliphatic heterocycles. The van der Waals surface area contributed by atoms with Crippen LogP contribution in [0.4, 0.5) is 0 Å². The number of hydrogen-bond donors (Lipinski definition) is 0. The summed E-state index contributed by atoms with van der Waals surface area (Å²) < 4.78 is 0. The van der Waals surface area contributed by atoms with Gasteiger partial charge in [0.1, 0.15) is 5.78 Å². The van der Waals surface area contributed by atoms with E-state index in [1.165, 1.54) is 11.1 Å². The SMILES string of the molecule is CC(=O)CC(c1ccc(C)cc1)N(C)C. The molecule has 82 valence electrons. The molecule has 0 heterocycles. The fourth-order valence-corrected chi connectivity index (χ4v) is 1.66. The second-order valence-electron chi connectivity index (χ2n) is 4.30. The van der Waals surface area contributed by atoms with Crippen molar-refractivity contribution >= 4 is 5.78 Å². The van der Waals surface area contributed by atoms with E-state index in [1.54, 1.807) is 6.92 Å². The van der Waals surface area contributed by atoms with Gasteiger partial charge in [-0.15, -0.1) is 0 Å². The lowest BCUT2D eigenvalue weighted by Crippen LogP contribution is -2.22. The minimum Gasteiger partial charge on any atom is -0.302 e. The topological polar surface area (TPSA) is 20.3 Å². The van der Waals surface area contributed by atoms with Crippen LogP contribution in [0.1, 0.15) is 30.5 Å². The Kier molecular flexibility index (Phi) is 4.04. The quantitative estimate of drug-likeness (QED) is 0.753. The number of ketones is 1. The molecule has 0 saturated carbocycles. The summed E-state index contributed by atoms with van der Waals surface area (Å²) in [6.45, 7) is 3.71. The Morgan fingerprint density at radius 2 is 1.80 bits per heavy atom. The molecule has 15 heavy (non-hydrogen) atoms. The first-order valence-corrected chi connectivity index (χ1v) is 5.23. The third kappa shape index (κ3) is 3.48. The molecule has 0 N–H and O–H groups in total. The summed E-state index contributed by atoms with van der Waals surface area (Å²) in [4.78, 5) is 13.3. The maximum atomic E-state index is 11.2. The van der Waals surface area contributed by atoms with E-state index < -0.39 is 0 Å². The van der Waals surface area contributed by atoms with Crippen LogP contribution in [0.25, 0.3) is 0 Å². The van der Waals surface area contributed by atoms with Crippen LogP contribution in [-0.4, -0.2) is 24.8 Å². The van der Waals surface area contributed by atoms with Gasteiger partial charge < -0.3 is 4.90 Å². The second-order valence-corrected chi connectivity index (χ2v) is 4.30. The van der Waals surface area contributed by atoms with Gasteiger partial charge in [0, 0.05) is 12.5 Å². The summed E-state index contributed by atoms with van der Waals surface area (Å²) in [5, 5.41) is 0.